The highest BCUT2D eigenvalue weighted by atomic mass is 15.2. The standard InChI is InChI=1S/C19H38N2/c1-15-7-9-16(10-8-15)21(6)19(14-20)12-17(2,3)11-18(4,5)13-19/h15-16H,7-14,20H2,1-6H3. The lowest BCUT2D eigenvalue weighted by Crippen LogP contribution is -2.62. The van der Waals surface area contributed by atoms with E-state index in [0.717, 1.165) is 18.5 Å². The van der Waals surface area contributed by atoms with Crippen molar-refractivity contribution in [3.8, 4) is 0 Å². The SMILES string of the molecule is CC1CCC(N(C)C2(CN)CC(C)(C)CC(C)(C)C2)CC1. The number of rotatable bonds is 3. The molecule has 0 saturated heterocycles. The lowest BCUT2D eigenvalue weighted by atomic mass is 9.57. The van der Waals surface area contributed by atoms with Crippen molar-refractivity contribution in [2.75, 3.05) is 13.6 Å². The Morgan fingerprint density at radius 1 is 0.905 bits per heavy atom. The Balaban J connectivity index is 2.19. The molecule has 0 atom stereocenters. The Morgan fingerprint density at radius 2 is 1.38 bits per heavy atom. The van der Waals surface area contributed by atoms with Crippen LogP contribution in [0.4, 0.5) is 0 Å². The smallest absolute Gasteiger partial charge is 0.0341 e. The summed E-state index contributed by atoms with van der Waals surface area (Å²) in [6.45, 7) is 13.0. The molecule has 0 aromatic rings. The maximum atomic E-state index is 6.37. The molecule has 0 radical (unpaired) electrons. The highest BCUT2D eigenvalue weighted by Crippen LogP contribution is 2.52. The van der Waals surface area contributed by atoms with Crippen LogP contribution >= 0.6 is 0 Å². The zero-order valence-electron chi connectivity index (χ0n) is 15.3. The van der Waals surface area contributed by atoms with E-state index in [0.29, 0.717) is 10.8 Å². The molecule has 0 aromatic carbocycles. The van der Waals surface area contributed by atoms with Gasteiger partial charge in [-0.3, -0.25) is 4.90 Å². The fourth-order valence-electron chi connectivity index (χ4n) is 5.82. The van der Waals surface area contributed by atoms with Crippen molar-refractivity contribution in [1.29, 1.82) is 0 Å². The highest BCUT2D eigenvalue weighted by molar-refractivity contribution is 5.05. The van der Waals surface area contributed by atoms with E-state index < -0.39 is 0 Å². The van der Waals surface area contributed by atoms with Crippen molar-refractivity contribution in [2.45, 2.75) is 91.1 Å². The molecule has 0 spiro atoms. The first kappa shape index (κ1) is 17.3. The van der Waals surface area contributed by atoms with Gasteiger partial charge in [0, 0.05) is 18.1 Å². The second-order valence-electron chi connectivity index (χ2n) is 9.81. The molecule has 0 unspecified atom stereocenters. The van der Waals surface area contributed by atoms with Crippen LogP contribution in [0.2, 0.25) is 0 Å². The van der Waals surface area contributed by atoms with Gasteiger partial charge in [-0.2, -0.15) is 0 Å². The Hall–Kier alpha value is -0.0800. The van der Waals surface area contributed by atoms with Gasteiger partial charge in [0.15, 0.2) is 0 Å². The summed E-state index contributed by atoms with van der Waals surface area (Å²) >= 11 is 0. The molecule has 0 aliphatic heterocycles. The lowest BCUT2D eigenvalue weighted by molar-refractivity contribution is -0.0574. The van der Waals surface area contributed by atoms with Crippen LogP contribution in [0.25, 0.3) is 0 Å². The molecular weight excluding hydrogens is 256 g/mol. The molecule has 21 heavy (non-hydrogen) atoms. The van der Waals surface area contributed by atoms with Crippen LogP contribution in [0.1, 0.15) is 79.6 Å². The van der Waals surface area contributed by atoms with Crippen LogP contribution in [-0.2, 0) is 0 Å². The summed E-state index contributed by atoms with van der Waals surface area (Å²) in [4.78, 5) is 2.71. The van der Waals surface area contributed by atoms with Gasteiger partial charge in [0.25, 0.3) is 0 Å². The van der Waals surface area contributed by atoms with Crippen LogP contribution in [0.3, 0.4) is 0 Å². The van der Waals surface area contributed by atoms with Gasteiger partial charge < -0.3 is 5.73 Å². The van der Waals surface area contributed by atoms with Gasteiger partial charge in [-0.05, 0) is 68.7 Å². The maximum Gasteiger partial charge on any atom is 0.0341 e. The Kier molecular flexibility index (Phi) is 4.81. The Bertz CT molecular complexity index is 335. The molecule has 124 valence electrons. The summed E-state index contributed by atoms with van der Waals surface area (Å²) in [5.74, 6) is 0.919. The molecule has 0 aromatic heterocycles. The van der Waals surface area contributed by atoms with Gasteiger partial charge in [-0.15, -0.1) is 0 Å². The molecule has 2 N–H and O–H groups in total. The molecule has 2 nitrogen and oxygen atoms in total. The third kappa shape index (κ3) is 3.82. The molecule has 2 rings (SSSR count). The number of hydrogen-bond acceptors (Lipinski definition) is 2. The number of hydrogen-bond donors (Lipinski definition) is 1. The molecule has 2 fully saturated rings. The minimum absolute atomic E-state index is 0.205. The summed E-state index contributed by atoms with van der Waals surface area (Å²) in [6, 6.07) is 0.745. The minimum atomic E-state index is 0.205. The van der Waals surface area contributed by atoms with Crippen molar-refractivity contribution < 1.29 is 0 Å². The Labute approximate surface area is 132 Å². The first-order valence-electron chi connectivity index (χ1n) is 9.02. The second-order valence-corrected chi connectivity index (χ2v) is 9.81. The summed E-state index contributed by atoms with van der Waals surface area (Å²) in [6.07, 6.45) is 9.33. The van der Waals surface area contributed by atoms with Crippen molar-refractivity contribution in [2.24, 2.45) is 22.5 Å². The molecular formula is C19H38N2. The van der Waals surface area contributed by atoms with Crippen LogP contribution < -0.4 is 5.73 Å². The van der Waals surface area contributed by atoms with Crippen LogP contribution in [0.5, 0.6) is 0 Å². The molecule has 0 heterocycles. The molecule has 2 aliphatic rings. The second kappa shape index (κ2) is 5.85. The monoisotopic (exact) mass is 294 g/mol. The Morgan fingerprint density at radius 3 is 1.81 bits per heavy atom. The van der Waals surface area contributed by atoms with Gasteiger partial charge in [0.1, 0.15) is 0 Å². The lowest BCUT2D eigenvalue weighted by Gasteiger charge is -2.57. The summed E-state index contributed by atoms with van der Waals surface area (Å²) < 4.78 is 0. The van der Waals surface area contributed by atoms with Crippen molar-refractivity contribution >= 4 is 0 Å². The predicted molar refractivity (Wildman–Crippen MR) is 92.4 cm³/mol. The van der Waals surface area contributed by atoms with Gasteiger partial charge >= 0.3 is 0 Å². The van der Waals surface area contributed by atoms with Gasteiger partial charge in [0.2, 0.25) is 0 Å². The maximum absolute atomic E-state index is 6.37. The van der Waals surface area contributed by atoms with E-state index in [9.17, 15) is 0 Å². The largest absolute Gasteiger partial charge is 0.329 e. The molecule has 0 bridgehead atoms. The van der Waals surface area contributed by atoms with Gasteiger partial charge in [0.05, 0.1) is 0 Å². The van der Waals surface area contributed by atoms with Crippen molar-refractivity contribution in [3.63, 3.8) is 0 Å². The number of likely N-dealkylation sites (N-methyl/N-ethyl adjacent to an activating group) is 1. The first-order chi connectivity index (χ1) is 9.59. The van der Waals surface area contributed by atoms with Crippen LogP contribution in [-0.4, -0.2) is 30.1 Å². The first-order valence-corrected chi connectivity index (χ1v) is 9.02. The molecule has 2 heteroatoms. The summed E-state index contributed by atoms with van der Waals surface area (Å²) in [5.41, 5.74) is 7.38. The molecule has 0 amide bonds. The molecule has 2 aliphatic carbocycles. The fraction of sp³-hybridized carbons (Fsp3) is 1.00. The van der Waals surface area contributed by atoms with E-state index in [1.807, 2.05) is 0 Å². The number of nitrogens with zero attached hydrogens (tertiary/aromatic N) is 1. The zero-order chi connectivity index (χ0) is 15.9. The number of nitrogens with two attached hydrogens (primary N) is 1. The van der Waals surface area contributed by atoms with Crippen LogP contribution in [0.15, 0.2) is 0 Å². The van der Waals surface area contributed by atoms with Crippen LogP contribution in [0, 0.1) is 16.7 Å². The average Bonchev–Trinajstić information content (AvgIpc) is 2.35. The van der Waals surface area contributed by atoms with Crippen molar-refractivity contribution in [3.05, 3.63) is 0 Å². The van der Waals surface area contributed by atoms with E-state index >= 15 is 0 Å². The van der Waals surface area contributed by atoms with E-state index in [2.05, 4.69) is 46.6 Å². The highest BCUT2D eigenvalue weighted by Gasteiger charge is 2.50. The van der Waals surface area contributed by atoms with E-state index in [1.165, 1.54) is 44.9 Å². The van der Waals surface area contributed by atoms with Gasteiger partial charge in [-0.1, -0.05) is 34.6 Å². The van der Waals surface area contributed by atoms with Crippen molar-refractivity contribution in [1.82, 2.24) is 4.90 Å². The summed E-state index contributed by atoms with van der Waals surface area (Å²) in [7, 11) is 2.37. The topological polar surface area (TPSA) is 29.3 Å². The zero-order valence-corrected chi connectivity index (χ0v) is 15.3. The van der Waals surface area contributed by atoms with E-state index in [4.69, 9.17) is 5.73 Å². The molecule has 2 saturated carbocycles. The average molecular weight is 295 g/mol. The quantitative estimate of drug-likeness (QED) is 0.834. The fourth-order valence-corrected chi connectivity index (χ4v) is 5.82. The van der Waals surface area contributed by atoms with E-state index in [-0.39, 0.29) is 5.54 Å². The third-order valence-electron chi connectivity index (χ3n) is 6.23. The minimum Gasteiger partial charge on any atom is -0.329 e. The third-order valence-corrected chi connectivity index (χ3v) is 6.23. The normalized spacial score (nSPS) is 34.9. The predicted octanol–water partition coefficient (Wildman–Crippen LogP) is 4.43. The van der Waals surface area contributed by atoms with E-state index in [1.54, 1.807) is 0 Å². The summed E-state index contributed by atoms with van der Waals surface area (Å²) in [5, 5.41) is 0. The van der Waals surface area contributed by atoms with Gasteiger partial charge in [-0.25, -0.2) is 0 Å².